The van der Waals surface area contributed by atoms with E-state index in [-0.39, 0.29) is 6.04 Å². The standard InChI is InChI=1S/C13H14N2OS/c1-8(14)6-12-15-13-9-4-2-3-5-10(9)16-7-11(13)17-12/h2-5,8H,6-7,14H2,1H3. The molecule has 0 saturated heterocycles. The van der Waals surface area contributed by atoms with Gasteiger partial charge in [0.1, 0.15) is 12.4 Å². The maximum absolute atomic E-state index is 5.81. The number of aromatic nitrogens is 1. The van der Waals surface area contributed by atoms with Crippen molar-refractivity contribution in [2.75, 3.05) is 0 Å². The van der Waals surface area contributed by atoms with Gasteiger partial charge in [0.15, 0.2) is 0 Å². The summed E-state index contributed by atoms with van der Waals surface area (Å²) in [6.07, 6.45) is 0.833. The highest BCUT2D eigenvalue weighted by atomic mass is 32.1. The topological polar surface area (TPSA) is 48.1 Å². The first kappa shape index (κ1) is 10.7. The van der Waals surface area contributed by atoms with Crippen molar-refractivity contribution in [3.8, 4) is 17.0 Å². The molecule has 1 aliphatic heterocycles. The van der Waals surface area contributed by atoms with Gasteiger partial charge in [-0.25, -0.2) is 4.98 Å². The molecule has 1 aromatic heterocycles. The van der Waals surface area contributed by atoms with Crippen LogP contribution in [-0.4, -0.2) is 11.0 Å². The van der Waals surface area contributed by atoms with Crippen LogP contribution in [-0.2, 0) is 13.0 Å². The van der Waals surface area contributed by atoms with Gasteiger partial charge in [-0.2, -0.15) is 0 Å². The molecule has 17 heavy (non-hydrogen) atoms. The van der Waals surface area contributed by atoms with E-state index in [0.717, 1.165) is 28.4 Å². The molecule has 3 rings (SSSR count). The third kappa shape index (κ3) is 1.94. The van der Waals surface area contributed by atoms with Crippen molar-refractivity contribution in [3.05, 3.63) is 34.2 Å². The Kier molecular flexibility index (Phi) is 2.61. The van der Waals surface area contributed by atoms with E-state index in [0.29, 0.717) is 6.61 Å². The van der Waals surface area contributed by atoms with Gasteiger partial charge in [0, 0.05) is 18.0 Å². The van der Waals surface area contributed by atoms with Gasteiger partial charge in [0.05, 0.1) is 15.6 Å². The summed E-state index contributed by atoms with van der Waals surface area (Å²) in [6.45, 7) is 2.63. The number of nitrogens with zero attached hydrogens (tertiary/aromatic N) is 1. The predicted molar refractivity (Wildman–Crippen MR) is 69.2 cm³/mol. The average Bonchev–Trinajstić information content (AvgIpc) is 2.70. The van der Waals surface area contributed by atoms with E-state index in [9.17, 15) is 0 Å². The Hall–Kier alpha value is -1.39. The normalized spacial score (nSPS) is 14.7. The van der Waals surface area contributed by atoms with E-state index < -0.39 is 0 Å². The zero-order chi connectivity index (χ0) is 11.8. The van der Waals surface area contributed by atoms with Gasteiger partial charge >= 0.3 is 0 Å². The lowest BCUT2D eigenvalue weighted by molar-refractivity contribution is 0.305. The maximum atomic E-state index is 5.81. The van der Waals surface area contributed by atoms with E-state index >= 15 is 0 Å². The number of ether oxygens (including phenoxy) is 1. The van der Waals surface area contributed by atoms with Gasteiger partial charge < -0.3 is 10.5 Å². The monoisotopic (exact) mass is 246 g/mol. The number of benzene rings is 1. The van der Waals surface area contributed by atoms with Crippen LogP contribution in [0.15, 0.2) is 24.3 Å². The minimum Gasteiger partial charge on any atom is -0.487 e. The molecule has 0 saturated carbocycles. The fourth-order valence-electron chi connectivity index (χ4n) is 2.00. The summed E-state index contributed by atoms with van der Waals surface area (Å²) >= 11 is 1.71. The van der Waals surface area contributed by atoms with E-state index in [4.69, 9.17) is 15.5 Å². The smallest absolute Gasteiger partial charge is 0.129 e. The number of thiazole rings is 1. The Labute approximate surface area is 104 Å². The number of rotatable bonds is 2. The molecule has 2 heterocycles. The summed E-state index contributed by atoms with van der Waals surface area (Å²) in [5.41, 5.74) is 7.99. The maximum Gasteiger partial charge on any atom is 0.129 e. The Balaban J connectivity index is 2.04. The summed E-state index contributed by atoms with van der Waals surface area (Å²) in [5, 5.41) is 1.10. The number of para-hydroxylation sites is 1. The first-order valence-electron chi connectivity index (χ1n) is 5.70. The molecule has 0 radical (unpaired) electrons. The van der Waals surface area contributed by atoms with Gasteiger partial charge in [0.2, 0.25) is 0 Å². The number of hydrogen-bond acceptors (Lipinski definition) is 4. The molecule has 88 valence electrons. The summed E-state index contributed by atoms with van der Waals surface area (Å²) in [7, 11) is 0. The lowest BCUT2D eigenvalue weighted by atomic mass is 10.1. The second kappa shape index (κ2) is 4.13. The highest BCUT2D eigenvalue weighted by Gasteiger charge is 2.21. The number of nitrogens with two attached hydrogens (primary N) is 1. The second-order valence-electron chi connectivity index (χ2n) is 4.35. The second-order valence-corrected chi connectivity index (χ2v) is 5.51. The van der Waals surface area contributed by atoms with Crippen LogP contribution in [0.25, 0.3) is 11.3 Å². The molecular formula is C13H14N2OS. The Morgan fingerprint density at radius 2 is 2.29 bits per heavy atom. The molecule has 0 amide bonds. The van der Waals surface area contributed by atoms with Crippen molar-refractivity contribution in [2.24, 2.45) is 5.73 Å². The van der Waals surface area contributed by atoms with Crippen LogP contribution in [0.3, 0.4) is 0 Å². The molecule has 0 fully saturated rings. The molecule has 0 bridgehead atoms. The quantitative estimate of drug-likeness (QED) is 0.886. The SMILES string of the molecule is CC(N)Cc1nc2c(s1)COc1ccccc1-2. The molecule has 2 aromatic rings. The summed E-state index contributed by atoms with van der Waals surface area (Å²) in [4.78, 5) is 5.90. The van der Waals surface area contributed by atoms with Crippen LogP contribution < -0.4 is 10.5 Å². The first-order chi connectivity index (χ1) is 8.24. The van der Waals surface area contributed by atoms with E-state index in [1.807, 2.05) is 25.1 Å². The molecule has 1 atom stereocenters. The first-order valence-corrected chi connectivity index (χ1v) is 6.52. The summed E-state index contributed by atoms with van der Waals surface area (Å²) < 4.78 is 5.71. The summed E-state index contributed by atoms with van der Waals surface area (Å²) in [5.74, 6) is 0.928. The molecule has 0 aliphatic carbocycles. The van der Waals surface area contributed by atoms with E-state index in [1.54, 1.807) is 11.3 Å². The van der Waals surface area contributed by atoms with Crippen molar-refractivity contribution < 1.29 is 4.74 Å². The zero-order valence-corrected chi connectivity index (χ0v) is 10.5. The molecule has 3 nitrogen and oxygen atoms in total. The van der Waals surface area contributed by atoms with Crippen molar-refractivity contribution in [3.63, 3.8) is 0 Å². The lowest BCUT2D eigenvalue weighted by Crippen LogP contribution is -2.17. The van der Waals surface area contributed by atoms with Gasteiger partial charge in [-0.1, -0.05) is 12.1 Å². The highest BCUT2D eigenvalue weighted by Crippen LogP contribution is 2.39. The highest BCUT2D eigenvalue weighted by molar-refractivity contribution is 7.12. The van der Waals surface area contributed by atoms with Gasteiger partial charge in [-0.15, -0.1) is 11.3 Å². The third-order valence-corrected chi connectivity index (χ3v) is 3.79. The fourth-order valence-corrected chi connectivity index (χ4v) is 3.14. The molecule has 2 N–H and O–H groups in total. The Morgan fingerprint density at radius 1 is 1.47 bits per heavy atom. The van der Waals surface area contributed by atoms with E-state index in [2.05, 4.69) is 6.07 Å². The lowest BCUT2D eigenvalue weighted by Gasteiger charge is -2.15. The van der Waals surface area contributed by atoms with Crippen molar-refractivity contribution in [1.82, 2.24) is 4.98 Å². The van der Waals surface area contributed by atoms with Gasteiger partial charge in [0.25, 0.3) is 0 Å². The summed E-state index contributed by atoms with van der Waals surface area (Å²) in [6, 6.07) is 8.20. The molecule has 1 unspecified atom stereocenters. The fraction of sp³-hybridized carbons (Fsp3) is 0.308. The van der Waals surface area contributed by atoms with Gasteiger partial charge in [-0.3, -0.25) is 0 Å². The van der Waals surface area contributed by atoms with Crippen LogP contribution in [0, 0.1) is 0 Å². The van der Waals surface area contributed by atoms with Crippen molar-refractivity contribution >= 4 is 11.3 Å². The van der Waals surface area contributed by atoms with E-state index in [1.165, 1.54) is 4.88 Å². The third-order valence-electron chi connectivity index (χ3n) is 2.74. The molecular weight excluding hydrogens is 232 g/mol. The van der Waals surface area contributed by atoms with Crippen LogP contribution in [0.1, 0.15) is 16.8 Å². The minimum atomic E-state index is 0.152. The molecule has 0 spiro atoms. The molecule has 1 aromatic carbocycles. The minimum absolute atomic E-state index is 0.152. The predicted octanol–water partition coefficient (Wildman–Crippen LogP) is 2.59. The largest absolute Gasteiger partial charge is 0.487 e. The number of hydrogen-bond donors (Lipinski definition) is 1. The average molecular weight is 246 g/mol. The molecule has 4 heteroatoms. The van der Waals surface area contributed by atoms with Crippen LogP contribution in [0.5, 0.6) is 5.75 Å². The van der Waals surface area contributed by atoms with Gasteiger partial charge in [-0.05, 0) is 19.1 Å². The van der Waals surface area contributed by atoms with Crippen LogP contribution in [0.2, 0.25) is 0 Å². The van der Waals surface area contributed by atoms with Crippen LogP contribution >= 0.6 is 11.3 Å². The molecule has 1 aliphatic rings. The van der Waals surface area contributed by atoms with Crippen molar-refractivity contribution in [2.45, 2.75) is 26.0 Å². The Bertz CT molecular complexity index is 548. The Morgan fingerprint density at radius 3 is 3.12 bits per heavy atom. The number of fused-ring (bicyclic) bond motifs is 3. The van der Waals surface area contributed by atoms with Crippen LogP contribution in [0.4, 0.5) is 0 Å². The van der Waals surface area contributed by atoms with Crippen molar-refractivity contribution in [1.29, 1.82) is 0 Å². The zero-order valence-electron chi connectivity index (χ0n) is 9.64.